The van der Waals surface area contributed by atoms with Crippen molar-refractivity contribution in [2.75, 3.05) is 22.2 Å². The number of carbonyl (C=O) groups is 4. The van der Waals surface area contributed by atoms with Crippen molar-refractivity contribution in [2.45, 2.75) is 28.5 Å². The van der Waals surface area contributed by atoms with Gasteiger partial charge < -0.3 is 15.2 Å². The Kier molecular flexibility index (Phi) is 9.53. The van der Waals surface area contributed by atoms with E-state index in [2.05, 4.69) is 37.2 Å². The minimum absolute atomic E-state index is 0.0153. The maximum atomic E-state index is 15.4. The van der Waals surface area contributed by atoms with E-state index >= 15 is 8.78 Å². The molecule has 57 heavy (non-hydrogen) atoms. The number of phenolic OH excluding ortho intramolecular Hbond substituents is 1. The van der Waals surface area contributed by atoms with Crippen LogP contribution < -0.4 is 19.9 Å². The number of anilines is 4. The lowest BCUT2D eigenvalue weighted by atomic mass is 9.56. The fraction of sp³-hybridized carbons (Fsp3) is 0.231. The molecule has 2 saturated heterocycles. The Morgan fingerprint density at radius 3 is 2.00 bits per heavy atom. The number of ether oxygens (including phenoxy) is 1. The summed E-state index contributed by atoms with van der Waals surface area (Å²) < 4.78 is 79.5. The third-order valence-corrected chi connectivity index (χ3v) is 14.7. The Balaban J connectivity index is 1.27. The van der Waals surface area contributed by atoms with Crippen molar-refractivity contribution in [1.82, 2.24) is 0 Å². The maximum absolute atomic E-state index is 15.4. The molecule has 4 aliphatic rings. The van der Waals surface area contributed by atoms with Crippen LogP contribution in [0.3, 0.4) is 0 Å². The first-order valence-corrected chi connectivity index (χ1v) is 19.4. The molecule has 4 amide bonds. The summed E-state index contributed by atoms with van der Waals surface area (Å²) in [5.41, 5.74) is 0.0290. The average molecular weight is 956 g/mol. The first-order valence-electron chi connectivity index (χ1n) is 17.0. The zero-order valence-corrected chi connectivity index (χ0v) is 33.5. The summed E-state index contributed by atoms with van der Waals surface area (Å²) in [6.07, 6.45) is 0.817. The molecule has 6 atom stereocenters. The van der Waals surface area contributed by atoms with E-state index < -0.39 is 104 Å². The Labute approximate surface area is 346 Å². The van der Waals surface area contributed by atoms with Crippen LogP contribution in [0.25, 0.3) is 0 Å². The SMILES string of the molecule is COc1cc([C@H]2C3=CC[C@@H]4C(=O)N(c5ccc(Nc6ccccc6)cc5)C(=O)[C@@H]4[C@@H]3C[C@@]3(Cl)C(=O)N(c4c(F)c(F)c(F)c(F)c4F)C(=O)[C@@]23Cl)c(Br)c(Br)c1O. The highest BCUT2D eigenvalue weighted by molar-refractivity contribution is 9.13. The minimum atomic E-state index is -2.78. The van der Waals surface area contributed by atoms with Gasteiger partial charge in [-0.05, 0) is 98.6 Å². The van der Waals surface area contributed by atoms with Crippen molar-refractivity contribution >= 4 is 101 Å². The van der Waals surface area contributed by atoms with Crippen molar-refractivity contribution in [3.05, 3.63) is 116 Å². The van der Waals surface area contributed by atoms with Crippen LogP contribution in [0.2, 0.25) is 0 Å². The predicted molar refractivity (Wildman–Crippen MR) is 205 cm³/mol. The van der Waals surface area contributed by atoms with Crippen LogP contribution in [0.4, 0.5) is 44.7 Å². The predicted octanol–water partition coefficient (Wildman–Crippen LogP) is 9.13. The van der Waals surface area contributed by atoms with Crippen LogP contribution in [0.15, 0.2) is 81.3 Å². The molecule has 0 unspecified atom stereocenters. The molecular formula is C39H24Br2Cl2F5N3O6. The van der Waals surface area contributed by atoms with Crippen LogP contribution in [0, 0.1) is 46.8 Å². The van der Waals surface area contributed by atoms with Crippen molar-refractivity contribution in [1.29, 1.82) is 0 Å². The van der Waals surface area contributed by atoms with Gasteiger partial charge in [-0.15, -0.1) is 23.2 Å². The van der Waals surface area contributed by atoms with E-state index in [4.69, 9.17) is 27.9 Å². The molecule has 8 rings (SSSR count). The van der Waals surface area contributed by atoms with Crippen molar-refractivity contribution in [3.63, 3.8) is 0 Å². The van der Waals surface area contributed by atoms with E-state index in [1.807, 2.05) is 30.3 Å². The highest BCUT2D eigenvalue weighted by atomic mass is 79.9. The monoisotopic (exact) mass is 953 g/mol. The summed E-state index contributed by atoms with van der Waals surface area (Å²) in [6, 6.07) is 17.0. The lowest BCUT2D eigenvalue weighted by molar-refractivity contribution is -0.125. The van der Waals surface area contributed by atoms with Crippen LogP contribution in [0.5, 0.6) is 11.5 Å². The van der Waals surface area contributed by atoms with E-state index in [0.29, 0.717) is 5.69 Å². The topological polar surface area (TPSA) is 116 Å². The molecule has 18 heteroatoms. The van der Waals surface area contributed by atoms with E-state index in [9.17, 15) is 37.5 Å². The minimum Gasteiger partial charge on any atom is -0.503 e. The number of imide groups is 2. The van der Waals surface area contributed by atoms with Gasteiger partial charge in [-0.1, -0.05) is 29.8 Å². The number of nitrogens with zero attached hydrogens (tertiary/aromatic N) is 2. The molecule has 9 nitrogen and oxygen atoms in total. The Bertz CT molecular complexity index is 2470. The number of phenols is 1. The maximum Gasteiger partial charge on any atom is 0.258 e. The van der Waals surface area contributed by atoms with Gasteiger partial charge in [0.15, 0.2) is 44.5 Å². The van der Waals surface area contributed by atoms with Crippen LogP contribution in [-0.4, -0.2) is 45.6 Å². The molecule has 3 fully saturated rings. The lowest BCUT2D eigenvalue weighted by Gasteiger charge is -2.51. The van der Waals surface area contributed by atoms with E-state index in [1.165, 1.54) is 13.2 Å². The number of allylic oxidation sites excluding steroid dienone is 2. The second-order valence-electron chi connectivity index (χ2n) is 13.9. The summed E-state index contributed by atoms with van der Waals surface area (Å²) in [4.78, 5) is 53.0. The highest BCUT2D eigenvalue weighted by Crippen LogP contribution is 2.67. The normalized spacial score (nSPS) is 26.7. The standard InChI is InChI=1S/C39H24Br2Cl2F5N3O6/c1-57-22-13-20(25(40)26(41)33(22)52)24-18-11-12-19-23(35(54)50(34(19)53)17-9-7-16(8-10-17)49-15-5-3-2-4-6-15)21(18)14-38(42)36(55)51(37(56)39(24,38)43)32-30(47)28(45)27(44)29(46)31(32)48/h2-11,13,19,21,23-24,49,52H,12,14H2,1H3/t19-,21+,23-,24+,38+,39-/m0/s1. The van der Waals surface area contributed by atoms with Gasteiger partial charge in [0.1, 0.15) is 5.69 Å². The molecule has 4 aromatic rings. The molecule has 4 aromatic carbocycles. The largest absolute Gasteiger partial charge is 0.503 e. The summed E-state index contributed by atoms with van der Waals surface area (Å²) >= 11 is 21.1. The number of fused-ring (bicyclic) bond motifs is 4. The number of amides is 4. The molecule has 2 heterocycles. The Hall–Kier alpha value is -4.51. The summed E-state index contributed by atoms with van der Waals surface area (Å²) in [7, 11) is 1.21. The number of aromatic hydroxyl groups is 1. The number of benzene rings is 4. The number of rotatable bonds is 6. The number of carbonyl (C=O) groups excluding carboxylic acids is 4. The number of nitrogens with one attached hydrogen (secondary N) is 1. The van der Waals surface area contributed by atoms with Crippen molar-refractivity contribution in [2.24, 2.45) is 17.8 Å². The fourth-order valence-corrected chi connectivity index (χ4v) is 10.4. The van der Waals surface area contributed by atoms with Gasteiger partial charge in [0.25, 0.3) is 11.8 Å². The van der Waals surface area contributed by atoms with Crippen LogP contribution in [-0.2, 0) is 19.2 Å². The van der Waals surface area contributed by atoms with E-state index in [-0.39, 0.29) is 42.8 Å². The summed E-state index contributed by atoms with van der Waals surface area (Å²) in [6.45, 7) is 0. The molecule has 294 valence electrons. The van der Waals surface area contributed by atoms with E-state index in [1.54, 1.807) is 30.3 Å². The number of halogens is 9. The molecule has 2 aliphatic heterocycles. The Morgan fingerprint density at radius 1 is 0.789 bits per heavy atom. The first-order chi connectivity index (χ1) is 27.0. The third-order valence-electron chi connectivity index (χ3n) is 11.1. The van der Waals surface area contributed by atoms with Gasteiger partial charge in [-0.2, -0.15) is 0 Å². The highest BCUT2D eigenvalue weighted by Gasteiger charge is 2.77. The number of para-hydroxylation sites is 1. The smallest absolute Gasteiger partial charge is 0.258 e. The summed E-state index contributed by atoms with van der Waals surface area (Å²) in [5, 5.41) is 14.0. The van der Waals surface area contributed by atoms with Gasteiger partial charge in [0.05, 0.1) is 29.1 Å². The zero-order valence-electron chi connectivity index (χ0n) is 28.9. The van der Waals surface area contributed by atoms with Crippen LogP contribution >= 0.6 is 55.1 Å². The third kappa shape index (κ3) is 5.42. The Morgan fingerprint density at radius 2 is 1.39 bits per heavy atom. The molecule has 0 spiro atoms. The quantitative estimate of drug-likeness (QED) is 0.0495. The van der Waals surface area contributed by atoms with Gasteiger partial charge in [-0.25, -0.2) is 26.9 Å². The first kappa shape index (κ1) is 39.3. The molecule has 0 aromatic heterocycles. The summed E-state index contributed by atoms with van der Waals surface area (Å²) in [5.74, 6) is -22.5. The molecule has 0 radical (unpaired) electrons. The number of alkyl halides is 2. The molecular weight excluding hydrogens is 932 g/mol. The number of hydrogen-bond donors (Lipinski definition) is 2. The molecule has 1 saturated carbocycles. The lowest BCUT2D eigenvalue weighted by Crippen LogP contribution is -2.60. The molecule has 0 bridgehead atoms. The van der Waals surface area contributed by atoms with Crippen molar-refractivity contribution in [3.8, 4) is 11.5 Å². The van der Waals surface area contributed by atoms with Gasteiger partial charge in [0.2, 0.25) is 17.6 Å². The van der Waals surface area contributed by atoms with Gasteiger partial charge in [0, 0.05) is 21.8 Å². The average Bonchev–Trinajstić information content (AvgIpc) is 3.54. The van der Waals surface area contributed by atoms with Crippen molar-refractivity contribution < 1.29 is 51.0 Å². The van der Waals surface area contributed by atoms with Gasteiger partial charge >= 0.3 is 0 Å². The second-order valence-corrected chi connectivity index (χ2v) is 16.7. The fourth-order valence-electron chi connectivity index (χ4n) is 8.53. The van der Waals surface area contributed by atoms with E-state index in [0.717, 1.165) is 10.6 Å². The van der Waals surface area contributed by atoms with Crippen LogP contribution in [0.1, 0.15) is 24.3 Å². The number of methoxy groups -OCH3 is 1. The zero-order chi connectivity index (χ0) is 41.0. The molecule has 2 aliphatic carbocycles. The second kappa shape index (κ2) is 13.8. The molecule has 2 N–H and O–H groups in total. The van der Waals surface area contributed by atoms with Gasteiger partial charge in [-0.3, -0.25) is 24.1 Å². The number of hydrogen-bond acceptors (Lipinski definition) is 7.